The first-order chi connectivity index (χ1) is 7.20. The number of hydrogen-bond acceptors (Lipinski definition) is 2. The zero-order valence-electron chi connectivity index (χ0n) is 10.3. The molecule has 2 nitrogen and oxygen atoms in total. The number of rotatable bonds is 4. The van der Waals surface area contributed by atoms with Gasteiger partial charge in [-0.2, -0.15) is 0 Å². The summed E-state index contributed by atoms with van der Waals surface area (Å²) in [5, 5.41) is 0. The molecule has 0 aromatic heterocycles. The highest BCUT2D eigenvalue weighted by atomic mass is 15.2. The Morgan fingerprint density at radius 2 is 1.60 bits per heavy atom. The van der Waals surface area contributed by atoms with Crippen LogP contribution in [0.15, 0.2) is 0 Å². The number of nitrogens with zero attached hydrogens (tertiary/aromatic N) is 1. The van der Waals surface area contributed by atoms with Gasteiger partial charge in [0.25, 0.3) is 0 Å². The minimum absolute atomic E-state index is 0.829. The first-order valence-corrected chi connectivity index (χ1v) is 6.66. The van der Waals surface area contributed by atoms with Crippen LogP contribution in [0.3, 0.4) is 0 Å². The molecule has 0 aliphatic heterocycles. The maximum absolute atomic E-state index is 5.73. The summed E-state index contributed by atoms with van der Waals surface area (Å²) in [6, 6.07) is 1.72. The second kappa shape index (κ2) is 4.84. The van der Waals surface area contributed by atoms with Crippen molar-refractivity contribution in [1.82, 2.24) is 4.90 Å². The lowest BCUT2D eigenvalue weighted by atomic mass is 9.79. The van der Waals surface area contributed by atoms with Crippen LogP contribution in [-0.4, -0.2) is 30.1 Å². The van der Waals surface area contributed by atoms with Crippen molar-refractivity contribution in [3.8, 4) is 0 Å². The smallest absolute Gasteiger partial charge is 0.0110 e. The Kier molecular flexibility index (Phi) is 3.68. The monoisotopic (exact) mass is 210 g/mol. The second-order valence-corrected chi connectivity index (χ2v) is 5.83. The molecule has 2 N–H and O–H groups in total. The SMILES string of the molecule is CC1CC(C)CC(N(CCN)C2CC2)C1. The summed E-state index contributed by atoms with van der Waals surface area (Å²) in [7, 11) is 0. The summed E-state index contributed by atoms with van der Waals surface area (Å²) >= 11 is 0. The van der Waals surface area contributed by atoms with Crippen LogP contribution in [0.25, 0.3) is 0 Å². The minimum atomic E-state index is 0.829. The zero-order valence-corrected chi connectivity index (χ0v) is 10.3. The van der Waals surface area contributed by atoms with E-state index in [-0.39, 0.29) is 0 Å². The third-order valence-electron chi connectivity index (χ3n) is 4.03. The van der Waals surface area contributed by atoms with Gasteiger partial charge in [-0.1, -0.05) is 13.8 Å². The van der Waals surface area contributed by atoms with E-state index in [0.29, 0.717) is 0 Å². The fourth-order valence-corrected chi connectivity index (χ4v) is 3.39. The normalized spacial score (nSPS) is 37.2. The third kappa shape index (κ3) is 2.94. The molecule has 88 valence electrons. The molecule has 15 heavy (non-hydrogen) atoms. The van der Waals surface area contributed by atoms with Crippen molar-refractivity contribution >= 4 is 0 Å². The van der Waals surface area contributed by atoms with E-state index >= 15 is 0 Å². The summed E-state index contributed by atoms with van der Waals surface area (Å²) in [5.74, 6) is 1.83. The molecule has 0 bridgehead atoms. The van der Waals surface area contributed by atoms with E-state index in [2.05, 4.69) is 18.7 Å². The van der Waals surface area contributed by atoms with E-state index in [0.717, 1.165) is 37.0 Å². The maximum atomic E-state index is 5.73. The highest BCUT2D eigenvalue weighted by Gasteiger charge is 2.36. The summed E-state index contributed by atoms with van der Waals surface area (Å²) in [6.45, 7) is 6.77. The molecule has 2 unspecified atom stereocenters. The van der Waals surface area contributed by atoms with Crippen LogP contribution in [0.4, 0.5) is 0 Å². The fourth-order valence-electron chi connectivity index (χ4n) is 3.39. The number of nitrogens with two attached hydrogens (primary N) is 1. The van der Waals surface area contributed by atoms with Crippen molar-refractivity contribution in [2.45, 2.75) is 58.0 Å². The van der Waals surface area contributed by atoms with E-state index in [4.69, 9.17) is 5.73 Å². The number of hydrogen-bond donors (Lipinski definition) is 1. The van der Waals surface area contributed by atoms with Crippen LogP contribution in [0, 0.1) is 11.8 Å². The molecular weight excluding hydrogens is 184 g/mol. The molecule has 0 radical (unpaired) electrons. The predicted molar refractivity (Wildman–Crippen MR) is 64.7 cm³/mol. The molecule has 2 heteroatoms. The topological polar surface area (TPSA) is 29.3 Å². The van der Waals surface area contributed by atoms with E-state index in [1.54, 1.807) is 0 Å². The van der Waals surface area contributed by atoms with E-state index < -0.39 is 0 Å². The van der Waals surface area contributed by atoms with Gasteiger partial charge in [0.2, 0.25) is 0 Å². The van der Waals surface area contributed by atoms with Gasteiger partial charge in [0.05, 0.1) is 0 Å². The molecule has 2 atom stereocenters. The molecule has 0 aromatic rings. The molecule has 2 aliphatic rings. The van der Waals surface area contributed by atoms with Gasteiger partial charge in [-0.05, 0) is 43.9 Å². The van der Waals surface area contributed by atoms with Gasteiger partial charge in [-0.25, -0.2) is 0 Å². The van der Waals surface area contributed by atoms with Crippen molar-refractivity contribution in [3.63, 3.8) is 0 Å². The van der Waals surface area contributed by atoms with Gasteiger partial charge >= 0.3 is 0 Å². The molecule has 2 rings (SSSR count). The van der Waals surface area contributed by atoms with Gasteiger partial charge in [0, 0.05) is 25.2 Å². The van der Waals surface area contributed by atoms with E-state index in [9.17, 15) is 0 Å². The lowest BCUT2D eigenvalue weighted by molar-refractivity contribution is 0.105. The quantitative estimate of drug-likeness (QED) is 0.771. The molecule has 2 saturated carbocycles. The largest absolute Gasteiger partial charge is 0.329 e. The van der Waals surface area contributed by atoms with Crippen LogP contribution in [0.2, 0.25) is 0 Å². The molecule has 0 amide bonds. The Bertz CT molecular complexity index is 191. The van der Waals surface area contributed by atoms with Crippen molar-refractivity contribution in [2.24, 2.45) is 17.6 Å². The Hall–Kier alpha value is -0.0800. The average Bonchev–Trinajstić information content (AvgIpc) is 2.95. The van der Waals surface area contributed by atoms with Gasteiger partial charge in [0.1, 0.15) is 0 Å². The minimum Gasteiger partial charge on any atom is -0.329 e. The van der Waals surface area contributed by atoms with Crippen molar-refractivity contribution in [1.29, 1.82) is 0 Å². The predicted octanol–water partition coefficient (Wildman–Crippen LogP) is 2.23. The van der Waals surface area contributed by atoms with Gasteiger partial charge in [-0.15, -0.1) is 0 Å². The van der Waals surface area contributed by atoms with Crippen LogP contribution in [0.5, 0.6) is 0 Å². The Morgan fingerprint density at radius 3 is 2.07 bits per heavy atom. The van der Waals surface area contributed by atoms with Crippen LogP contribution in [0.1, 0.15) is 46.0 Å². The first kappa shape index (κ1) is 11.4. The Labute approximate surface area is 94.2 Å². The molecule has 2 fully saturated rings. The summed E-state index contributed by atoms with van der Waals surface area (Å²) in [4.78, 5) is 2.71. The zero-order chi connectivity index (χ0) is 10.8. The molecule has 0 heterocycles. The van der Waals surface area contributed by atoms with Crippen molar-refractivity contribution in [3.05, 3.63) is 0 Å². The van der Waals surface area contributed by atoms with Gasteiger partial charge in [-0.3, -0.25) is 4.90 Å². The van der Waals surface area contributed by atoms with Crippen LogP contribution in [-0.2, 0) is 0 Å². The Balaban J connectivity index is 1.93. The standard InChI is InChI=1S/C13H26N2/c1-10-7-11(2)9-13(8-10)15(6-5-14)12-3-4-12/h10-13H,3-9,14H2,1-2H3. The summed E-state index contributed by atoms with van der Waals surface area (Å²) in [5.41, 5.74) is 5.73. The van der Waals surface area contributed by atoms with Gasteiger partial charge < -0.3 is 5.73 Å². The molecule has 2 aliphatic carbocycles. The lowest BCUT2D eigenvalue weighted by Crippen LogP contribution is -2.44. The average molecular weight is 210 g/mol. The Morgan fingerprint density at radius 1 is 1.00 bits per heavy atom. The highest BCUT2D eigenvalue weighted by Crippen LogP contribution is 2.36. The highest BCUT2D eigenvalue weighted by molar-refractivity contribution is 4.91. The van der Waals surface area contributed by atoms with E-state index in [1.165, 1.54) is 32.1 Å². The molecular formula is C13H26N2. The summed E-state index contributed by atoms with van der Waals surface area (Å²) in [6.07, 6.45) is 7.07. The van der Waals surface area contributed by atoms with E-state index in [1.807, 2.05) is 0 Å². The molecule has 0 aromatic carbocycles. The van der Waals surface area contributed by atoms with Crippen molar-refractivity contribution < 1.29 is 0 Å². The van der Waals surface area contributed by atoms with Crippen LogP contribution < -0.4 is 5.73 Å². The van der Waals surface area contributed by atoms with Crippen molar-refractivity contribution in [2.75, 3.05) is 13.1 Å². The van der Waals surface area contributed by atoms with Gasteiger partial charge in [0.15, 0.2) is 0 Å². The van der Waals surface area contributed by atoms with Crippen LogP contribution >= 0.6 is 0 Å². The fraction of sp³-hybridized carbons (Fsp3) is 1.00. The molecule has 0 spiro atoms. The maximum Gasteiger partial charge on any atom is 0.0110 e. The molecule has 0 saturated heterocycles. The summed E-state index contributed by atoms with van der Waals surface area (Å²) < 4.78 is 0. The third-order valence-corrected chi connectivity index (χ3v) is 4.03. The first-order valence-electron chi connectivity index (χ1n) is 6.66. The lowest BCUT2D eigenvalue weighted by Gasteiger charge is -2.39. The second-order valence-electron chi connectivity index (χ2n) is 5.83.